The minimum atomic E-state index is -0.150. The average Bonchev–Trinajstić information content (AvgIpc) is 2.61. The molecular weight excluding hydrogens is 330 g/mol. The molecule has 2 rings (SSSR count). The molecule has 0 bridgehead atoms. The topological polar surface area (TPSA) is 23.5 Å². The summed E-state index contributed by atoms with van der Waals surface area (Å²) in [5, 5.41) is 10.7. The number of hydrogen-bond donors (Lipinski definition) is 1. The van der Waals surface area contributed by atoms with Crippen molar-refractivity contribution >= 4 is 0 Å². The Morgan fingerprint density at radius 3 is 2.22 bits per heavy atom. The Balaban J connectivity index is 2.19. The molecule has 4 atom stereocenters. The van der Waals surface area contributed by atoms with Gasteiger partial charge in [-0.1, -0.05) is 46.6 Å². The summed E-state index contributed by atoms with van der Waals surface area (Å²) in [6, 6.07) is 0. The summed E-state index contributed by atoms with van der Waals surface area (Å²) in [6.07, 6.45) is 15.7. The van der Waals surface area contributed by atoms with Crippen LogP contribution in [-0.4, -0.2) is 36.2 Å². The van der Waals surface area contributed by atoms with Crippen molar-refractivity contribution in [2.75, 3.05) is 20.1 Å². The number of nitrogens with zero attached hydrogens (tertiary/aromatic N) is 1. The molecule has 0 aromatic carbocycles. The Bertz CT molecular complexity index is 473. The van der Waals surface area contributed by atoms with Gasteiger partial charge in [0, 0.05) is 0 Å². The minimum Gasteiger partial charge on any atom is -0.393 e. The highest BCUT2D eigenvalue weighted by atomic mass is 16.3. The van der Waals surface area contributed by atoms with E-state index in [1.165, 1.54) is 70.9 Å². The number of allylic oxidation sites excluding steroid dienone is 1. The Hall–Kier alpha value is -0.340. The van der Waals surface area contributed by atoms with Crippen LogP contribution in [0.1, 0.15) is 98.3 Å². The summed E-state index contributed by atoms with van der Waals surface area (Å²) < 4.78 is 0. The van der Waals surface area contributed by atoms with Crippen molar-refractivity contribution in [3.8, 4) is 0 Å². The van der Waals surface area contributed by atoms with Crippen molar-refractivity contribution in [2.45, 2.75) is 104 Å². The molecule has 1 N–H and O–H groups in total. The first-order chi connectivity index (χ1) is 12.6. The van der Waals surface area contributed by atoms with Crippen molar-refractivity contribution in [2.24, 2.45) is 22.2 Å². The highest BCUT2D eigenvalue weighted by Gasteiger charge is 2.45. The smallest absolute Gasteiger partial charge is 0.0543 e. The predicted molar refractivity (Wildman–Crippen MR) is 118 cm³/mol. The van der Waals surface area contributed by atoms with Gasteiger partial charge in [-0.3, -0.25) is 0 Å². The molecule has 1 aliphatic heterocycles. The average molecular weight is 378 g/mol. The van der Waals surface area contributed by atoms with Gasteiger partial charge in [0.25, 0.3) is 0 Å². The highest BCUT2D eigenvalue weighted by molar-refractivity contribution is 4.99. The van der Waals surface area contributed by atoms with E-state index in [0.29, 0.717) is 16.7 Å². The lowest BCUT2D eigenvalue weighted by Gasteiger charge is -2.51. The molecule has 158 valence electrons. The summed E-state index contributed by atoms with van der Waals surface area (Å²) in [5.41, 5.74) is 0.839. The quantitative estimate of drug-likeness (QED) is 0.572. The van der Waals surface area contributed by atoms with Crippen LogP contribution in [0.25, 0.3) is 0 Å². The van der Waals surface area contributed by atoms with Crippen LogP contribution < -0.4 is 0 Å². The normalized spacial score (nSPS) is 38.6. The lowest BCUT2D eigenvalue weighted by molar-refractivity contribution is -0.0205. The van der Waals surface area contributed by atoms with Crippen LogP contribution in [-0.2, 0) is 0 Å². The van der Waals surface area contributed by atoms with Crippen molar-refractivity contribution in [3.63, 3.8) is 0 Å². The van der Waals surface area contributed by atoms with E-state index in [-0.39, 0.29) is 11.5 Å². The van der Waals surface area contributed by atoms with Gasteiger partial charge in [-0.25, -0.2) is 0 Å². The molecule has 0 aromatic rings. The molecule has 0 aromatic heterocycles. The van der Waals surface area contributed by atoms with Gasteiger partial charge in [-0.15, -0.1) is 6.58 Å². The van der Waals surface area contributed by atoms with E-state index in [2.05, 4.69) is 52.3 Å². The van der Waals surface area contributed by atoms with E-state index in [9.17, 15) is 5.11 Å². The Morgan fingerprint density at radius 1 is 0.926 bits per heavy atom. The molecular formula is C25H47NO. The monoisotopic (exact) mass is 377 g/mol. The first-order valence-corrected chi connectivity index (χ1v) is 11.6. The van der Waals surface area contributed by atoms with Crippen molar-refractivity contribution in [1.29, 1.82) is 0 Å². The molecule has 0 amide bonds. The summed E-state index contributed by atoms with van der Waals surface area (Å²) >= 11 is 0. The maximum atomic E-state index is 10.7. The number of hydrogen-bond acceptors (Lipinski definition) is 2. The second-order valence-corrected chi connectivity index (χ2v) is 11.0. The Kier molecular flexibility index (Phi) is 8.02. The first kappa shape index (κ1) is 22.9. The molecule has 1 aliphatic carbocycles. The predicted octanol–water partition coefficient (Wildman–Crippen LogP) is 6.44. The van der Waals surface area contributed by atoms with Crippen LogP contribution in [0.4, 0.5) is 0 Å². The largest absolute Gasteiger partial charge is 0.393 e. The van der Waals surface area contributed by atoms with Crippen molar-refractivity contribution < 1.29 is 5.11 Å². The zero-order valence-electron chi connectivity index (χ0n) is 19.0. The molecule has 1 saturated carbocycles. The van der Waals surface area contributed by atoms with Gasteiger partial charge >= 0.3 is 0 Å². The van der Waals surface area contributed by atoms with Gasteiger partial charge < -0.3 is 10.0 Å². The van der Waals surface area contributed by atoms with Crippen LogP contribution in [0, 0.1) is 22.2 Å². The Morgan fingerprint density at radius 2 is 1.52 bits per heavy atom. The third-order valence-electron chi connectivity index (χ3n) is 8.70. The first-order valence-electron chi connectivity index (χ1n) is 11.6. The highest BCUT2D eigenvalue weighted by Crippen LogP contribution is 2.55. The SMILES string of the molecule is C=CC(C)(C)C1CCC(C)(C2(C)CCCCCN(C)CCC2)CCC(O)C1. The van der Waals surface area contributed by atoms with Gasteiger partial charge in [0.15, 0.2) is 0 Å². The van der Waals surface area contributed by atoms with Gasteiger partial charge in [-0.05, 0) is 100 Å². The summed E-state index contributed by atoms with van der Waals surface area (Å²) in [5.74, 6) is 0.541. The second kappa shape index (κ2) is 9.44. The van der Waals surface area contributed by atoms with Gasteiger partial charge in [0.1, 0.15) is 0 Å². The molecule has 1 saturated heterocycles. The third kappa shape index (κ3) is 5.82. The molecule has 2 fully saturated rings. The van der Waals surface area contributed by atoms with Crippen LogP contribution in [0.3, 0.4) is 0 Å². The summed E-state index contributed by atoms with van der Waals surface area (Å²) in [4.78, 5) is 2.53. The lowest BCUT2D eigenvalue weighted by Crippen LogP contribution is -2.42. The van der Waals surface area contributed by atoms with E-state index in [4.69, 9.17) is 0 Å². The number of aliphatic hydroxyl groups excluding tert-OH is 1. The molecule has 4 unspecified atom stereocenters. The molecule has 2 nitrogen and oxygen atoms in total. The minimum absolute atomic E-state index is 0.110. The van der Waals surface area contributed by atoms with Crippen LogP contribution >= 0.6 is 0 Å². The van der Waals surface area contributed by atoms with E-state index < -0.39 is 0 Å². The van der Waals surface area contributed by atoms with E-state index in [0.717, 1.165) is 12.8 Å². The van der Waals surface area contributed by atoms with Gasteiger partial charge in [0.05, 0.1) is 6.10 Å². The summed E-state index contributed by atoms with van der Waals surface area (Å²) in [6.45, 7) is 16.3. The molecule has 2 aliphatic rings. The van der Waals surface area contributed by atoms with E-state index in [1.807, 2.05) is 0 Å². The lowest BCUT2D eigenvalue weighted by atomic mass is 9.55. The third-order valence-corrected chi connectivity index (χ3v) is 8.70. The van der Waals surface area contributed by atoms with E-state index >= 15 is 0 Å². The fraction of sp³-hybridized carbons (Fsp3) is 0.920. The number of rotatable bonds is 3. The van der Waals surface area contributed by atoms with Gasteiger partial charge in [-0.2, -0.15) is 0 Å². The maximum absolute atomic E-state index is 10.7. The summed E-state index contributed by atoms with van der Waals surface area (Å²) in [7, 11) is 2.29. The van der Waals surface area contributed by atoms with Crippen molar-refractivity contribution in [3.05, 3.63) is 12.7 Å². The molecule has 0 radical (unpaired) electrons. The molecule has 27 heavy (non-hydrogen) atoms. The Labute approximate surface area is 169 Å². The molecule has 0 spiro atoms. The molecule has 1 heterocycles. The number of aliphatic hydroxyl groups is 1. The standard InChI is InChI=1S/C25H47NO/c1-7-23(2,3)21-12-16-25(5,17-13-22(27)20-21)24(4)14-9-8-10-18-26(6)19-11-15-24/h7,21-22,27H,1,8-20H2,2-6H3. The van der Waals surface area contributed by atoms with E-state index in [1.54, 1.807) is 0 Å². The zero-order chi connectivity index (χ0) is 20.1. The molecule has 2 heteroatoms. The van der Waals surface area contributed by atoms with Crippen molar-refractivity contribution in [1.82, 2.24) is 4.90 Å². The zero-order valence-corrected chi connectivity index (χ0v) is 19.0. The van der Waals surface area contributed by atoms with Gasteiger partial charge in [0.2, 0.25) is 0 Å². The second-order valence-electron chi connectivity index (χ2n) is 11.0. The van der Waals surface area contributed by atoms with Crippen LogP contribution in [0.5, 0.6) is 0 Å². The fourth-order valence-electron chi connectivity index (χ4n) is 5.77. The fourth-order valence-corrected chi connectivity index (χ4v) is 5.77. The maximum Gasteiger partial charge on any atom is 0.0543 e. The van der Waals surface area contributed by atoms with Crippen LogP contribution in [0.2, 0.25) is 0 Å². The van der Waals surface area contributed by atoms with Crippen LogP contribution in [0.15, 0.2) is 12.7 Å².